The second-order valence-electron chi connectivity index (χ2n) is 8.54. The minimum atomic E-state index is -4.50. The summed E-state index contributed by atoms with van der Waals surface area (Å²) in [4.78, 5) is 20.7. The van der Waals surface area contributed by atoms with E-state index in [9.17, 15) is 18.0 Å². The lowest BCUT2D eigenvalue weighted by Gasteiger charge is -2.19. The minimum absolute atomic E-state index is 0.0327. The molecule has 0 spiro atoms. The Morgan fingerprint density at radius 2 is 1.94 bits per heavy atom. The molecule has 3 heterocycles. The van der Waals surface area contributed by atoms with Gasteiger partial charge in [0.1, 0.15) is 17.5 Å². The Hall–Kier alpha value is -4.15. The Bertz CT molecular complexity index is 1460. The number of nitrogen functional groups attached to an aromatic ring is 1. The molecule has 0 unspecified atom stereocenters. The molecule has 0 saturated carbocycles. The first kappa shape index (κ1) is 22.6. The van der Waals surface area contributed by atoms with Crippen molar-refractivity contribution in [3.63, 3.8) is 0 Å². The zero-order chi connectivity index (χ0) is 24.9. The summed E-state index contributed by atoms with van der Waals surface area (Å²) in [5.41, 5.74) is 7.51. The summed E-state index contributed by atoms with van der Waals surface area (Å²) in [7, 11) is 0. The molecule has 1 aliphatic rings. The quantitative estimate of drug-likeness (QED) is 0.357. The van der Waals surface area contributed by atoms with Crippen molar-refractivity contribution in [1.29, 1.82) is 0 Å². The second-order valence-corrected chi connectivity index (χ2v) is 8.54. The molecule has 0 saturated heterocycles. The van der Waals surface area contributed by atoms with Crippen LogP contribution in [0, 0.1) is 6.92 Å². The number of rotatable bonds is 4. The van der Waals surface area contributed by atoms with Crippen molar-refractivity contribution < 1.29 is 18.0 Å². The molecule has 35 heavy (non-hydrogen) atoms. The lowest BCUT2D eigenvalue weighted by molar-refractivity contribution is -0.137. The number of halogens is 3. The molecule has 1 amide bonds. The summed E-state index contributed by atoms with van der Waals surface area (Å²) in [6.45, 7) is 3.99. The van der Waals surface area contributed by atoms with Crippen LogP contribution >= 0.6 is 0 Å². The predicted octanol–water partition coefficient (Wildman–Crippen LogP) is 4.92. The molecule has 8 nitrogen and oxygen atoms in total. The first-order chi connectivity index (χ1) is 16.6. The molecule has 4 N–H and O–H groups in total. The van der Waals surface area contributed by atoms with E-state index < -0.39 is 17.8 Å². The number of benzene rings is 2. The third kappa shape index (κ3) is 4.48. The Labute approximate surface area is 198 Å². The van der Waals surface area contributed by atoms with Gasteiger partial charge in [0.2, 0.25) is 5.91 Å². The summed E-state index contributed by atoms with van der Waals surface area (Å²) in [5, 5.41) is 11.3. The zero-order valence-corrected chi connectivity index (χ0v) is 18.9. The molecule has 0 radical (unpaired) electrons. The Morgan fingerprint density at radius 3 is 2.71 bits per heavy atom. The fourth-order valence-corrected chi connectivity index (χ4v) is 4.13. The van der Waals surface area contributed by atoms with Crippen molar-refractivity contribution in [3.05, 3.63) is 59.4 Å². The Balaban J connectivity index is 1.52. The first-order valence-corrected chi connectivity index (χ1v) is 11.0. The number of alkyl halides is 3. The predicted molar refractivity (Wildman–Crippen MR) is 127 cm³/mol. The molecule has 180 valence electrons. The van der Waals surface area contributed by atoms with Gasteiger partial charge in [-0.25, -0.2) is 14.6 Å². The number of fused-ring (bicyclic) bond motifs is 2. The highest BCUT2D eigenvalue weighted by Gasteiger charge is 2.31. The highest BCUT2D eigenvalue weighted by Crippen LogP contribution is 2.34. The van der Waals surface area contributed by atoms with Gasteiger partial charge in [0.05, 0.1) is 29.4 Å². The molecule has 11 heteroatoms. The van der Waals surface area contributed by atoms with Crippen molar-refractivity contribution in [2.45, 2.75) is 39.0 Å². The molecule has 0 fully saturated rings. The van der Waals surface area contributed by atoms with Crippen LogP contribution in [0.5, 0.6) is 0 Å². The largest absolute Gasteiger partial charge is 0.416 e. The monoisotopic (exact) mass is 481 g/mol. The number of nitrogens with one attached hydrogen (secondary N) is 2. The van der Waals surface area contributed by atoms with Gasteiger partial charge < -0.3 is 16.4 Å². The SMILES string of the molecule is Cc1nc(N[C@H](C)c2cc(N)cc(C(F)(F)F)c2)c2cc(-c3cc4n(n3)CCC(=O)N4)ccc2n1. The normalized spacial score (nSPS) is 14.5. The number of hydrogen-bond donors (Lipinski definition) is 3. The standard InChI is InChI=1S/C24H22F3N7O/c1-12(15-7-16(24(25,26)27)10-17(28)8-15)29-23-18-9-14(3-4-19(18)30-13(2)31-23)20-11-21-32-22(35)5-6-34(21)33-20/h3-4,7-12H,5-6,28H2,1-2H3,(H,32,35)(H,29,30,31)/t12-/m1/s1. The molecule has 1 aliphatic heterocycles. The van der Waals surface area contributed by atoms with Crippen molar-refractivity contribution in [2.75, 3.05) is 16.4 Å². The van der Waals surface area contributed by atoms with Gasteiger partial charge in [0.25, 0.3) is 0 Å². The van der Waals surface area contributed by atoms with Crippen LogP contribution in [-0.2, 0) is 17.5 Å². The number of anilines is 3. The van der Waals surface area contributed by atoms with Gasteiger partial charge in [-0.3, -0.25) is 4.79 Å². The maximum Gasteiger partial charge on any atom is 0.416 e. The number of hydrogen-bond acceptors (Lipinski definition) is 6. The van der Waals surface area contributed by atoms with Crippen LogP contribution in [0.4, 0.5) is 30.5 Å². The lowest BCUT2D eigenvalue weighted by Crippen LogP contribution is -2.23. The summed E-state index contributed by atoms with van der Waals surface area (Å²) >= 11 is 0. The van der Waals surface area contributed by atoms with E-state index in [1.165, 1.54) is 6.07 Å². The molecule has 5 rings (SSSR count). The van der Waals surface area contributed by atoms with Gasteiger partial charge >= 0.3 is 6.18 Å². The molecular weight excluding hydrogens is 459 g/mol. The van der Waals surface area contributed by atoms with E-state index in [0.717, 1.165) is 17.7 Å². The Kier molecular flexibility index (Phi) is 5.34. The van der Waals surface area contributed by atoms with E-state index in [4.69, 9.17) is 5.73 Å². The van der Waals surface area contributed by atoms with Crippen molar-refractivity contribution in [2.24, 2.45) is 0 Å². The molecule has 2 aromatic carbocycles. The van der Waals surface area contributed by atoms with Gasteiger partial charge in [0, 0.05) is 29.1 Å². The highest BCUT2D eigenvalue weighted by atomic mass is 19.4. The maximum atomic E-state index is 13.3. The molecule has 0 aliphatic carbocycles. The third-order valence-corrected chi connectivity index (χ3v) is 5.86. The zero-order valence-electron chi connectivity index (χ0n) is 18.9. The number of nitrogens with two attached hydrogens (primary N) is 1. The molecular formula is C24H22F3N7O. The van der Waals surface area contributed by atoms with Crippen molar-refractivity contribution in [3.8, 4) is 11.3 Å². The smallest absolute Gasteiger partial charge is 0.399 e. The van der Waals surface area contributed by atoms with Crippen molar-refractivity contribution in [1.82, 2.24) is 19.7 Å². The van der Waals surface area contributed by atoms with Crippen LogP contribution in [0.1, 0.15) is 36.3 Å². The fourth-order valence-electron chi connectivity index (χ4n) is 4.13. The van der Waals surface area contributed by atoms with Crippen LogP contribution in [0.3, 0.4) is 0 Å². The summed E-state index contributed by atoms with van der Waals surface area (Å²) in [6.07, 6.45) is -4.13. The average molecular weight is 481 g/mol. The summed E-state index contributed by atoms with van der Waals surface area (Å²) in [6, 6.07) is 10.4. The van der Waals surface area contributed by atoms with Crippen LogP contribution in [0.25, 0.3) is 22.2 Å². The van der Waals surface area contributed by atoms with Crippen LogP contribution < -0.4 is 16.4 Å². The van der Waals surface area contributed by atoms with E-state index >= 15 is 0 Å². The molecule has 0 bridgehead atoms. The topological polar surface area (TPSA) is 111 Å². The fraction of sp³-hybridized carbons (Fsp3) is 0.250. The Morgan fingerprint density at radius 1 is 1.14 bits per heavy atom. The third-order valence-electron chi connectivity index (χ3n) is 5.86. The number of aromatic nitrogens is 4. The van der Waals surface area contributed by atoms with E-state index in [2.05, 4.69) is 25.7 Å². The molecule has 4 aromatic rings. The van der Waals surface area contributed by atoms with Gasteiger partial charge in [-0.15, -0.1) is 0 Å². The van der Waals surface area contributed by atoms with Gasteiger partial charge in [-0.05, 0) is 49.7 Å². The number of nitrogens with zero attached hydrogens (tertiary/aromatic N) is 4. The maximum absolute atomic E-state index is 13.3. The highest BCUT2D eigenvalue weighted by molar-refractivity contribution is 5.94. The van der Waals surface area contributed by atoms with E-state index in [-0.39, 0.29) is 11.6 Å². The number of aryl methyl sites for hydroxylation is 2. The molecule has 2 aromatic heterocycles. The van der Waals surface area contributed by atoms with Crippen LogP contribution in [0.2, 0.25) is 0 Å². The number of amides is 1. The van der Waals surface area contributed by atoms with E-state index in [1.54, 1.807) is 24.6 Å². The van der Waals surface area contributed by atoms with Gasteiger partial charge in [-0.2, -0.15) is 18.3 Å². The van der Waals surface area contributed by atoms with E-state index in [0.29, 0.717) is 52.6 Å². The average Bonchev–Trinajstić information content (AvgIpc) is 3.21. The van der Waals surface area contributed by atoms with Gasteiger partial charge in [0.15, 0.2) is 0 Å². The first-order valence-electron chi connectivity index (χ1n) is 11.0. The van der Waals surface area contributed by atoms with Gasteiger partial charge in [-0.1, -0.05) is 6.07 Å². The summed E-state index contributed by atoms with van der Waals surface area (Å²) in [5.74, 6) is 1.58. The molecule has 1 atom stereocenters. The summed E-state index contributed by atoms with van der Waals surface area (Å²) < 4.78 is 41.6. The van der Waals surface area contributed by atoms with Crippen molar-refractivity contribution >= 4 is 34.1 Å². The number of carbonyl (C=O) groups excluding carboxylic acids is 1. The van der Waals surface area contributed by atoms with E-state index in [1.807, 2.05) is 18.2 Å². The minimum Gasteiger partial charge on any atom is -0.399 e. The van der Waals surface area contributed by atoms with Crippen LogP contribution in [0.15, 0.2) is 42.5 Å². The number of carbonyl (C=O) groups is 1. The lowest BCUT2D eigenvalue weighted by atomic mass is 10.0. The van der Waals surface area contributed by atoms with Crippen LogP contribution in [-0.4, -0.2) is 25.7 Å². The second kappa shape index (κ2) is 8.26.